The maximum atomic E-state index is 6.68. The molecule has 0 radical (unpaired) electrons. The van der Waals surface area contributed by atoms with Crippen molar-refractivity contribution in [3.63, 3.8) is 0 Å². The van der Waals surface area contributed by atoms with E-state index in [1.807, 2.05) is 6.07 Å². The second-order valence-corrected chi connectivity index (χ2v) is 18.5. The van der Waals surface area contributed by atoms with E-state index in [1.165, 1.54) is 21.1 Å². The molecule has 57 heavy (non-hydrogen) atoms. The van der Waals surface area contributed by atoms with Gasteiger partial charge in [-0.2, -0.15) is 0 Å². The molecular weight excluding hydrogens is 711 g/mol. The summed E-state index contributed by atoms with van der Waals surface area (Å²) in [6.07, 6.45) is 0. The van der Waals surface area contributed by atoms with Gasteiger partial charge in [0.2, 0.25) is 8.07 Å². The minimum absolute atomic E-state index is 0.724. The van der Waals surface area contributed by atoms with Crippen LogP contribution in [0.1, 0.15) is 0 Å². The molecule has 0 amide bonds. The van der Waals surface area contributed by atoms with Crippen LogP contribution >= 0.6 is 0 Å². The second kappa shape index (κ2) is 12.3. The van der Waals surface area contributed by atoms with Crippen LogP contribution in [-0.4, -0.2) is 22.6 Å². The maximum Gasteiger partial charge on any atom is 0.203 e. The van der Waals surface area contributed by atoms with E-state index < -0.39 is 8.07 Å². The molecule has 8 aromatic carbocycles. The Hall–Kier alpha value is -7.34. The Labute approximate surface area is 330 Å². The van der Waals surface area contributed by atoms with Crippen molar-refractivity contribution in [1.29, 1.82) is 0 Å². The molecule has 1 aliphatic rings. The van der Waals surface area contributed by atoms with Crippen LogP contribution in [0, 0.1) is 0 Å². The summed E-state index contributed by atoms with van der Waals surface area (Å²) in [7, 11) is -2.94. The molecule has 0 fully saturated rings. The van der Waals surface area contributed by atoms with Gasteiger partial charge in [-0.25, -0.2) is 9.97 Å². The Morgan fingerprint density at radius 2 is 1.07 bits per heavy atom. The van der Waals surface area contributed by atoms with Crippen molar-refractivity contribution >= 4 is 72.7 Å². The smallest absolute Gasteiger partial charge is 0.203 e. The largest absolute Gasteiger partial charge is 0.455 e. The van der Waals surface area contributed by atoms with E-state index in [-0.39, 0.29) is 0 Å². The molecule has 0 saturated carbocycles. The molecule has 5 heteroatoms. The third-order valence-electron chi connectivity index (χ3n) is 11.9. The molecule has 0 saturated heterocycles. The number of nitrogens with zero attached hydrogens (tertiary/aromatic N) is 3. The topological polar surface area (TPSA) is 43.9 Å². The van der Waals surface area contributed by atoms with Crippen LogP contribution < -0.4 is 20.9 Å². The molecule has 11 aromatic rings. The van der Waals surface area contributed by atoms with E-state index in [0.29, 0.717) is 0 Å². The zero-order valence-corrected chi connectivity index (χ0v) is 31.8. The van der Waals surface area contributed by atoms with Gasteiger partial charge in [-0.15, -0.1) is 0 Å². The van der Waals surface area contributed by atoms with Crippen molar-refractivity contribution in [2.45, 2.75) is 0 Å². The summed E-state index contributed by atoms with van der Waals surface area (Å²) in [4.78, 5) is 11.3. The van der Waals surface area contributed by atoms with Gasteiger partial charge in [0.05, 0.1) is 33.1 Å². The minimum Gasteiger partial charge on any atom is -0.455 e. The number of para-hydroxylation sites is 3. The molecule has 0 bridgehead atoms. The average Bonchev–Trinajstić information content (AvgIpc) is 3.93. The highest BCUT2D eigenvalue weighted by atomic mass is 28.3. The predicted octanol–water partition coefficient (Wildman–Crippen LogP) is 10.2. The monoisotopic (exact) mass is 743 g/mol. The Kier molecular flexibility index (Phi) is 6.91. The maximum absolute atomic E-state index is 6.68. The van der Waals surface area contributed by atoms with E-state index in [9.17, 15) is 0 Å². The van der Waals surface area contributed by atoms with Crippen molar-refractivity contribution < 1.29 is 4.42 Å². The lowest BCUT2D eigenvalue weighted by atomic mass is 9.99. The van der Waals surface area contributed by atoms with Crippen LogP contribution in [0.2, 0.25) is 0 Å². The zero-order valence-electron chi connectivity index (χ0n) is 30.8. The molecule has 0 N–H and O–H groups in total. The Bertz CT molecular complexity index is 3310. The Morgan fingerprint density at radius 1 is 0.456 bits per heavy atom. The summed E-state index contributed by atoms with van der Waals surface area (Å²) in [5.41, 5.74) is 10.3. The lowest BCUT2D eigenvalue weighted by molar-refractivity contribution is 0.673. The number of fused-ring (bicyclic) bond motifs is 10. The zero-order chi connectivity index (χ0) is 37.5. The van der Waals surface area contributed by atoms with E-state index in [1.54, 1.807) is 0 Å². The fourth-order valence-corrected chi connectivity index (χ4v) is 14.5. The molecule has 4 heterocycles. The van der Waals surface area contributed by atoms with Crippen LogP contribution in [-0.2, 0) is 0 Å². The number of benzene rings is 8. The van der Waals surface area contributed by atoms with Crippen molar-refractivity contribution in [3.8, 4) is 39.5 Å². The predicted molar refractivity (Wildman–Crippen MR) is 237 cm³/mol. The fraction of sp³-hybridized carbons (Fsp3) is 0. The molecule has 0 atom stereocenters. The van der Waals surface area contributed by atoms with E-state index in [2.05, 4.69) is 199 Å². The average molecular weight is 744 g/mol. The molecule has 266 valence electrons. The first-order chi connectivity index (χ1) is 28.3. The van der Waals surface area contributed by atoms with Gasteiger partial charge in [0.1, 0.15) is 11.2 Å². The summed E-state index contributed by atoms with van der Waals surface area (Å²) in [6, 6.07) is 71.8. The number of rotatable bonds is 5. The van der Waals surface area contributed by atoms with Crippen LogP contribution in [0.3, 0.4) is 0 Å². The van der Waals surface area contributed by atoms with Crippen LogP contribution in [0.4, 0.5) is 0 Å². The van der Waals surface area contributed by atoms with Gasteiger partial charge in [-0.3, -0.25) is 0 Å². The van der Waals surface area contributed by atoms with Crippen molar-refractivity contribution in [3.05, 3.63) is 200 Å². The standard InChI is InChI=1S/C52H33N3OSi/c1-4-18-34(19-5-1)51-53-49(48-41-27-13-17-31-46(41)57(52(48)54-51,35-20-6-2-7-21-35)36-22-8-3-9-23-36)40-26-11-15-29-43(40)55-42-28-14-10-25-39(42)47-44(55)33-32-38-37-24-12-16-30-45(37)56-50(38)47/h1-33H. The molecule has 0 aliphatic carbocycles. The quantitative estimate of drug-likeness (QED) is 0.165. The van der Waals surface area contributed by atoms with E-state index in [4.69, 9.17) is 14.4 Å². The van der Waals surface area contributed by atoms with Crippen LogP contribution in [0.15, 0.2) is 205 Å². The first-order valence-corrected chi connectivity index (χ1v) is 21.4. The fourth-order valence-electron chi connectivity index (χ4n) is 9.54. The molecule has 0 unspecified atom stereocenters. The SMILES string of the molecule is c1ccc(-c2nc(-c3ccccc3-n3c4ccccc4c4c5oc6ccccc6c5ccc43)c3c(n2)[Si](c2ccccc2)(c2ccccc2)c2ccccc2-3)cc1. The highest BCUT2D eigenvalue weighted by Gasteiger charge is 2.51. The highest BCUT2D eigenvalue weighted by molar-refractivity contribution is 7.21. The first kappa shape index (κ1) is 32.0. The number of furan rings is 1. The van der Waals surface area contributed by atoms with Gasteiger partial charge in [0, 0.05) is 32.8 Å². The third kappa shape index (κ3) is 4.49. The van der Waals surface area contributed by atoms with Gasteiger partial charge < -0.3 is 8.98 Å². The number of aromatic nitrogens is 3. The van der Waals surface area contributed by atoms with E-state index in [0.717, 1.165) is 83.0 Å². The first-order valence-electron chi connectivity index (χ1n) is 19.4. The molecule has 1 aliphatic heterocycles. The number of hydrogen-bond donors (Lipinski definition) is 0. The molecule has 12 rings (SSSR count). The Balaban J connectivity index is 1.22. The van der Waals surface area contributed by atoms with Crippen molar-refractivity contribution in [1.82, 2.24) is 14.5 Å². The summed E-state index contributed by atoms with van der Waals surface area (Å²) < 4.78 is 9.09. The van der Waals surface area contributed by atoms with Crippen LogP contribution in [0.5, 0.6) is 0 Å². The second-order valence-electron chi connectivity index (χ2n) is 14.8. The van der Waals surface area contributed by atoms with Crippen LogP contribution in [0.25, 0.3) is 83.2 Å². The van der Waals surface area contributed by atoms with Gasteiger partial charge in [-0.05, 0) is 51.5 Å². The van der Waals surface area contributed by atoms with Crippen molar-refractivity contribution in [2.24, 2.45) is 0 Å². The normalized spacial score (nSPS) is 13.1. The van der Waals surface area contributed by atoms with Crippen molar-refractivity contribution in [2.75, 3.05) is 0 Å². The van der Waals surface area contributed by atoms with E-state index >= 15 is 0 Å². The van der Waals surface area contributed by atoms with Gasteiger partial charge >= 0.3 is 0 Å². The summed E-state index contributed by atoms with van der Waals surface area (Å²) >= 11 is 0. The summed E-state index contributed by atoms with van der Waals surface area (Å²) in [6.45, 7) is 0. The minimum atomic E-state index is -2.94. The summed E-state index contributed by atoms with van der Waals surface area (Å²) in [5, 5.41) is 9.56. The molecule has 0 spiro atoms. The third-order valence-corrected chi connectivity index (χ3v) is 16.6. The molecular formula is C52H33N3OSi. The molecule has 3 aromatic heterocycles. The number of hydrogen-bond acceptors (Lipinski definition) is 3. The Morgan fingerprint density at radius 3 is 1.84 bits per heavy atom. The lowest BCUT2D eigenvalue weighted by Crippen LogP contribution is -2.73. The van der Waals surface area contributed by atoms with Gasteiger partial charge in [0.15, 0.2) is 5.82 Å². The highest BCUT2D eigenvalue weighted by Crippen LogP contribution is 2.44. The van der Waals surface area contributed by atoms with Gasteiger partial charge in [0.25, 0.3) is 0 Å². The summed E-state index contributed by atoms with van der Waals surface area (Å²) in [5.74, 6) is 0.724. The molecule has 4 nitrogen and oxygen atoms in total. The lowest BCUT2D eigenvalue weighted by Gasteiger charge is -2.30. The van der Waals surface area contributed by atoms with Gasteiger partial charge in [-0.1, -0.05) is 170 Å².